The zero-order valence-electron chi connectivity index (χ0n) is 8.56. The van der Waals surface area contributed by atoms with Crippen LogP contribution in [0.4, 0.5) is 0 Å². The molecule has 84 valence electrons. The Kier molecular flexibility index (Phi) is 3.96. The van der Waals surface area contributed by atoms with E-state index in [0.717, 1.165) is 11.8 Å². The number of carboxylic acids is 1. The molecular formula is C8H13N3O3S. The number of rotatable bonds is 5. The molecule has 0 saturated carbocycles. The Balaban J connectivity index is 2.79. The van der Waals surface area contributed by atoms with Gasteiger partial charge in [-0.2, -0.15) is 0 Å². The van der Waals surface area contributed by atoms with Gasteiger partial charge in [-0.25, -0.2) is 9.89 Å². The summed E-state index contributed by atoms with van der Waals surface area (Å²) in [7, 11) is 0. The molecule has 0 aliphatic rings. The molecule has 0 radical (unpaired) electrons. The van der Waals surface area contributed by atoms with Gasteiger partial charge in [0.25, 0.3) is 0 Å². The van der Waals surface area contributed by atoms with Crippen molar-refractivity contribution in [2.45, 2.75) is 25.5 Å². The van der Waals surface area contributed by atoms with Crippen LogP contribution in [0.2, 0.25) is 0 Å². The molecule has 6 nitrogen and oxygen atoms in total. The average molecular weight is 231 g/mol. The van der Waals surface area contributed by atoms with Crippen LogP contribution in [0.1, 0.15) is 13.8 Å². The number of aromatic amines is 1. The predicted molar refractivity (Wildman–Crippen MR) is 56.0 cm³/mol. The molecule has 0 unspecified atom stereocenters. The van der Waals surface area contributed by atoms with E-state index in [-0.39, 0.29) is 11.4 Å². The molecule has 1 rings (SSSR count). The maximum Gasteiger partial charge on any atom is 0.343 e. The molecule has 0 aliphatic carbocycles. The van der Waals surface area contributed by atoms with Crippen LogP contribution in [-0.4, -0.2) is 31.6 Å². The normalized spacial score (nSPS) is 10.9. The summed E-state index contributed by atoms with van der Waals surface area (Å²) in [4.78, 5) is 21.7. The van der Waals surface area contributed by atoms with Crippen LogP contribution in [0, 0.1) is 5.92 Å². The van der Waals surface area contributed by atoms with Gasteiger partial charge in [0.1, 0.15) is 0 Å². The van der Waals surface area contributed by atoms with E-state index in [1.165, 1.54) is 4.57 Å². The van der Waals surface area contributed by atoms with Crippen molar-refractivity contribution in [1.29, 1.82) is 0 Å². The van der Waals surface area contributed by atoms with Gasteiger partial charge in [0, 0.05) is 6.54 Å². The van der Waals surface area contributed by atoms with Crippen molar-refractivity contribution in [3.05, 3.63) is 10.5 Å². The van der Waals surface area contributed by atoms with Crippen molar-refractivity contribution < 1.29 is 9.90 Å². The second-order valence-corrected chi connectivity index (χ2v) is 4.44. The molecule has 1 heterocycles. The van der Waals surface area contributed by atoms with Gasteiger partial charge in [-0.15, -0.1) is 5.10 Å². The fraction of sp³-hybridized carbons (Fsp3) is 0.625. The second kappa shape index (κ2) is 5.01. The number of nitrogens with one attached hydrogen (secondary N) is 1. The lowest BCUT2D eigenvalue weighted by atomic mass is 10.2. The fourth-order valence-electron chi connectivity index (χ4n) is 1.07. The minimum Gasteiger partial charge on any atom is -0.481 e. The van der Waals surface area contributed by atoms with E-state index in [4.69, 9.17) is 5.11 Å². The third-order valence-corrected chi connectivity index (χ3v) is 2.56. The summed E-state index contributed by atoms with van der Waals surface area (Å²) in [6.07, 6.45) is 0. The Morgan fingerprint density at radius 3 is 2.87 bits per heavy atom. The summed E-state index contributed by atoms with van der Waals surface area (Å²) in [5.41, 5.74) is -0.295. The van der Waals surface area contributed by atoms with E-state index in [0.29, 0.717) is 17.6 Å². The third-order valence-electron chi connectivity index (χ3n) is 1.60. The zero-order valence-corrected chi connectivity index (χ0v) is 9.37. The van der Waals surface area contributed by atoms with Crippen molar-refractivity contribution in [3.63, 3.8) is 0 Å². The highest BCUT2D eigenvalue weighted by atomic mass is 32.2. The number of hydrogen-bond acceptors (Lipinski definition) is 4. The SMILES string of the molecule is CC(C)Cn1c(SCC(=O)O)n[nH]c1=O. The van der Waals surface area contributed by atoms with Crippen LogP contribution in [0.5, 0.6) is 0 Å². The highest BCUT2D eigenvalue weighted by Crippen LogP contribution is 2.13. The molecule has 2 N–H and O–H groups in total. The first kappa shape index (κ1) is 11.8. The molecule has 0 saturated heterocycles. The van der Waals surface area contributed by atoms with Crippen LogP contribution in [-0.2, 0) is 11.3 Å². The Bertz CT molecular complexity index is 396. The van der Waals surface area contributed by atoms with Gasteiger partial charge in [0.15, 0.2) is 5.16 Å². The van der Waals surface area contributed by atoms with Crippen LogP contribution in [0.15, 0.2) is 9.95 Å². The molecular weight excluding hydrogens is 218 g/mol. The lowest BCUT2D eigenvalue weighted by Gasteiger charge is -2.06. The molecule has 0 bridgehead atoms. The van der Waals surface area contributed by atoms with Crippen molar-refractivity contribution in [3.8, 4) is 0 Å². The minimum absolute atomic E-state index is 0.0949. The maximum atomic E-state index is 11.3. The van der Waals surface area contributed by atoms with E-state index >= 15 is 0 Å². The number of hydrogen-bond donors (Lipinski definition) is 2. The van der Waals surface area contributed by atoms with Crippen LogP contribution < -0.4 is 5.69 Å². The monoisotopic (exact) mass is 231 g/mol. The summed E-state index contributed by atoms with van der Waals surface area (Å²) in [6, 6.07) is 0. The molecule has 15 heavy (non-hydrogen) atoms. The maximum absolute atomic E-state index is 11.3. The minimum atomic E-state index is -0.924. The van der Waals surface area contributed by atoms with E-state index in [1.807, 2.05) is 13.8 Å². The first-order valence-electron chi connectivity index (χ1n) is 4.50. The van der Waals surface area contributed by atoms with E-state index in [9.17, 15) is 9.59 Å². The smallest absolute Gasteiger partial charge is 0.343 e. The number of aliphatic carboxylic acids is 1. The van der Waals surface area contributed by atoms with Crippen LogP contribution in [0.25, 0.3) is 0 Å². The first-order valence-corrected chi connectivity index (χ1v) is 5.49. The Hall–Kier alpha value is -1.24. The highest BCUT2D eigenvalue weighted by Gasteiger charge is 2.11. The number of nitrogens with zero attached hydrogens (tertiary/aromatic N) is 2. The summed E-state index contributed by atoms with van der Waals surface area (Å²) in [6.45, 7) is 4.49. The molecule has 0 atom stereocenters. The summed E-state index contributed by atoms with van der Waals surface area (Å²) in [5.74, 6) is -0.710. The molecule has 0 aliphatic heterocycles. The Morgan fingerprint density at radius 2 is 2.33 bits per heavy atom. The van der Waals surface area contributed by atoms with Gasteiger partial charge >= 0.3 is 11.7 Å². The molecule has 0 aromatic carbocycles. The van der Waals surface area contributed by atoms with E-state index in [1.54, 1.807) is 0 Å². The van der Waals surface area contributed by atoms with E-state index < -0.39 is 5.97 Å². The fourth-order valence-corrected chi connectivity index (χ4v) is 1.74. The average Bonchev–Trinajstić information content (AvgIpc) is 2.44. The van der Waals surface area contributed by atoms with Crippen LogP contribution in [0.3, 0.4) is 0 Å². The van der Waals surface area contributed by atoms with Gasteiger partial charge in [0.2, 0.25) is 0 Å². The molecule has 1 aromatic rings. The number of carbonyl (C=O) groups is 1. The summed E-state index contributed by atoms with van der Waals surface area (Å²) < 4.78 is 1.46. The standard InChI is InChI=1S/C8H13N3O3S/c1-5(2)3-11-7(14)9-10-8(11)15-4-6(12)13/h5H,3-4H2,1-2H3,(H,9,14)(H,12,13). The lowest BCUT2D eigenvalue weighted by molar-refractivity contribution is -0.133. The van der Waals surface area contributed by atoms with Crippen molar-refractivity contribution >= 4 is 17.7 Å². The highest BCUT2D eigenvalue weighted by molar-refractivity contribution is 7.99. The molecule has 1 aromatic heterocycles. The summed E-state index contributed by atoms with van der Waals surface area (Å²) >= 11 is 1.04. The van der Waals surface area contributed by atoms with Crippen molar-refractivity contribution in [1.82, 2.24) is 14.8 Å². The Morgan fingerprint density at radius 1 is 1.67 bits per heavy atom. The number of H-pyrrole nitrogens is 1. The molecule has 0 fully saturated rings. The molecule has 0 spiro atoms. The lowest BCUT2D eigenvalue weighted by Crippen LogP contribution is -2.20. The molecule has 0 amide bonds. The topological polar surface area (TPSA) is 88.0 Å². The van der Waals surface area contributed by atoms with Crippen molar-refractivity contribution in [2.24, 2.45) is 5.92 Å². The zero-order chi connectivity index (χ0) is 11.4. The first-order chi connectivity index (χ1) is 7.00. The van der Waals surface area contributed by atoms with Crippen LogP contribution >= 0.6 is 11.8 Å². The van der Waals surface area contributed by atoms with Gasteiger partial charge in [-0.05, 0) is 5.92 Å². The second-order valence-electron chi connectivity index (χ2n) is 3.50. The summed E-state index contributed by atoms with van der Waals surface area (Å²) in [5, 5.41) is 15.0. The number of thioether (sulfide) groups is 1. The predicted octanol–water partition coefficient (Wildman–Crippen LogP) is 0.404. The third kappa shape index (κ3) is 3.43. The number of aromatic nitrogens is 3. The quantitative estimate of drug-likeness (QED) is 0.716. The van der Waals surface area contributed by atoms with Gasteiger partial charge in [-0.1, -0.05) is 25.6 Å². The van der Waals surface area contributed by atoms with Crippen molar-refractivity contribution in [2.75, 3.05) is 5.75 Å². The Labute approximate surface area is 90.7 Å². The largest absolute Gasteiger partial charge is 0.481 e. The number of carboxylic acid groups (broad SMARTS) is 1. The van der Waals surface area contributed by atoms with E-state index in [2.05, 4.69) is 10.2 Å². The van der Waals surface area contributed by atoms with Gasteiger partial charge < -0.3 is 5.11 Å². The van der Waals surface area contributed by atoms with Gasteiger partial charge in [0.05, 0.1) is 5.75 Å². The van der Waals surface area contributed by atoms with Gasteiger partial charge in [-0.3, -0.25) is 9.36 Å². The molecule has 7 heteroatoms.